The second-order valence-electron chi connectivity index (χ2n) is 5.75. The van der Waals surface area contributed by atoms with E-state index in [1.165, 1.54) is 5.56 Å². The van der Waals surface area contributed by atoms with Gasteiger partial charge in [0.1, 0.15) is 0 Å². The summed E-state index contributed by atoms with van der Waals surface area (Å²) < 4.78 is 0.735. The summed E-state index contributed by atoms with van der Waals surface area (Å²) in [5.41, 5.74) is 2.54. The molecule has 0 N–H and O–H groups in total. The normalized spacial score (nSPS) is 11.5. The van der Waals surface area contributed by atoms with Gasteiger partial charge in [0, 0.05) is 15.6 Å². The third-order valence-electron chi connectivity index (χ3n) is 4.01. The largest absolute Gasteiger partial charge is 0.289 e. The predicted octanol–water partition coefficient (Wildman–Crippen LogP) is 6.02. The Morgan fingerprint density at radius 1 is 1.14 bits per heavy atom. The van der Waals surface area contributed by atoms with E-state index in [1.807, 2.05) is 36.4 Å². The monoisotopic (exact) mass is 364 g/mol. The highest BCUT2D eigenvalue weighted by atomic mass is 79.9. The van der Waals surface area contributed by atoms with Crippen molar-refractivity contribution in [2.24, 2.45) is 0 Å². The molecule has 2 aromatic carbocycles. The number of ketones is 1. The number of halogens is 2. The SMILES string of the molecule is CCC(C)(C)c1ccc(C(=O)c2cccc(Br)c2Cl)cc1. The van der Waals surface area contributed by atoms with Crippen LogP contribution < -0.4 is 0 Å². The standard InChI is InChI=1S/C18H18BrClO/c1-4-18(2,3)13-10-8-12(9-11-13)17(21)14-6-5-7-15(19)16(14)20/h5-11H,4H2,1-3H3. The Morgan fingerprint density at radius 2 is 1.76 bits per heavy atom. The average Bonchev–Trinajstić information content (AvgIpc) is 2.49. The van der Waals surface area contributed by atoms with Crippen LogP contribution in [0.3, 0.4) is 0 Å². The van der Waals surface area contributed by atoms with Crippen LogP contribution in [-0.2, 0) is 5.41 Å². The zero-order chi connectivity index (χ0) is 15.6. The molecule has 0 fully saturated rings. The van der Waals surface area contributed by atoms with Crippen molar-refractivity contribution in [3.05, 3.63) is 68.7 Å². The van der Waals surface area contributed by atoms with Crippen molar-refractivity contribution in [1.29, 1.82) is 0 Å². The Morgan fingerprint density at radius 3 is 2.33 bits per heavy atom. The average molecular weight is 366 g/mol. The highest BCUT2D eigenvalue weighted by molar-refractivity contribution is 9.10. The molecule has 0 heterocycles. The minimum Gasteiger partial charge on any atom is -0.289 e. The third kappa shape index (κ3) is 3.38. The van der Waals surface area contributed by atoms with Crippen LogP contribution in [0.25, 0.3) is 0 Å². The second-order valence-corrected chi connectivity index (χ2v) is 6.98. The summed E-state index contributed by atoms with van der Waals surface area (Å²) in [5.74, 6) is -0.0536. The van der Waals surface area contributed by atoms with Crippen LogP contribution in [-0.4, -0.2) is 5.78 Å². The summed E-state index contributed by atoms with van der Waals surface area (Å²) in [5, 5.41) is 0.459. The maximum Gasteiger partial charge on any atom is 0.194 e. The van der Waals surface area contributed by atoms with Crippen molar-refractivity contribution in [3.63, 3.8) is 0 Å². The predicted molar refractivity (Wildman–Crippen MR) is 92.3 cm³/mol. The lowest BCUT2D eigenvalue weighted by Crippen LogP contribution is -2.15. The van der Waals surface area contributed by atoms with E-state index in [4.69, 9.17) is 11.6 Å². The first kappa shape index (κ1) is 16.3. The van der Waals surface area contributed by atoms with Gasteiger partial charge in [0.2, 0.25) is 0 Å². The van der Waals surface area contributed by atoms with E-state index in [-0.39, 0.29) is 11.2 Å². The van der Waals surface area contributed by atoms with Crippen LogP contribution in [0.2, 0.25) is 5.02 Å². The van der Waals surface area contributed by atoms with Gasteiger partial charge in [-0.25, -0.2) is 0 Å². The van der Waals surface area contributed by atoms with Crippen LogP contribution >= 0.6 is 27.5 Å². The topological polar surface area (TPSA) is 17.1 Å². The van der Waals surface area contributed by atoms with E-state index < -0.39 is 0 Å². The minimum absolute atomic E-state index is 0.0536. The molecule has 0 saturated carbocycles. The van der Waals surface area contributed by atoms with Gasteiger partial charge in [-0.15, -0.1) is 0 Å². The number of carbonyl (C=O) groups excluding carboxylic acids is 1. The Balaban J connectivity index is 2.35. The molecule has 0 aliphatic heterocycles. The summed E-state index contributed by atoms with van der Waals surface area (Å²) in [6, 6.07) is 13.2. The summed E-state index contributed by atoms with van der Waals surface area (Å²) in [7, 11) is 0. The van der Waals surface area contributed by atoms with Gasteiger partial charge in [0.05, 0.1) is 5.02 Å². The van der Waals surface area contributed by atoms with E-state index in [2.05, 4.69) is 36.7 Å². The zero-order valence-electron chi connectivity index (χ0n) is 12.4. The molecule has 0 unspecified atom stereocenters. The Hall–Kier alpha value is -1.12. The molecule has 0 amide bonds. The molecular weight excluding hydrogens is 348 g/mol. The third-order valence-corrected chi connectivity index (χ3v) is 5.30. The lowest BCUT2D eigenvalue weighted by molar-refractivity contribution is 0.103. The van der Waals surface area contributed by atoms with Gasteiger partial charge in [-0.05, 0) is 45.5 Å². The molecule has 0 aliphatic carbocycles. The smallest absolute Gasteiger partial charge is 0.194 e. The molecule has 0 aliphatic rings. The van der Waals surface area contributed by atoms with Gasteiger partial charge < -0.3 is 0 Å². The van der Waals surface area contributed by atoms with Crippen LogP contribution in [0.1, 0.15) is 48.7 Å². The minimum atomic E-state index is -0.0536. The lowest BCUT2D eigenvalue weighted by Gasteiger charge is -2.23. The second kappa shape index (κ2) is 6.33. The first-order chi connectivity index (χ1) is 9.86. The fraction of sp³-hybridized carbons (Fsp3) is 0.278. The van der Waals surface area contributed by atoms with Gasteiger partial charge in [0.15, 0.2) is 5.78 Å². The van der Waals surface area contributed by atoms with Crippen molar-refractivity contribution in [2.75, 3.05) is 0 Å². The van der Waals surface area contributed by atoms with Crippen molar-refractivity contribution >= 4 is 33.3 Å². The highest BCUT2D eigenvalue weighted by Crippen LogP contribution is 2.29. The molecule has 21 heavy (non-hydrogen) atoms. The van der Waals surface area contributed by atoms with Crippen LogP contribution in [0.5, 0.6) is 0 Å². The number of hydrogen-bond acceptors (Lipinski definition) is 1. The molecule has 0 bridgehead atoms. The molecule has 0 atom stereocenters. The number of benzene rings is 2. The quantitative estimate of drug-likeness (QED) is 0.605. The van der Waals surface area contributed by atoms with Gasteiger partial charge in [0.25, 0.3) is 0 Å². The number of rotatable bonds is 4. The van der Waals surface area contributed by atoms with Gasteiger partial charge in [-0.3, -0.25) is 4.79 Å². The van der Waals surface area contributed by atoms with E-state index in [0.29, 0.717) is 16.1 Å². The van der Waals surface area contributed by atoms with Crippen molar-refractivity contribution < 1.29 is 4.79 Å². The maximum atomic E-state index is 12.5. The fourth-order valence-corrected chi connectivity index (χ4v) is 2.69. The van der Waals surface area contributed by atoms with Crippen LogP contribution in [0.4, 0.5) is 0 Å². The molecule has 2 rings (SSSR count). The Kier molecular flexibility index (Phi) is 4.90. The Bertz CT molecular complexity index is 659. The van der Waals surface area contributed by atoms with Crippen molar-refractivity contribution in [3.8, 4) is 0 Å². The van der Waals surface area contributed by atoms with Gasteiger partial charge in [-0.1, -0.05) is 62.7 Å². The molecule has 3 heteroatoms. The van der Waals surface area contributed by atoms with E-state index >= 15 is 0 Å². The lowest BCUT2D eigenvalue weighted by atomic mass is 9.82. The van der Waals surface area contributed by atoms with E-state index in [0.717, 1.165) is 10.9 Å². The Labute approximate surface area is 139 Å². The summed E-state index contributed by atoms with van der Waals surface area (Å²) in [4.78, 5) is 12.5. The van der Waals surface area contributed by atoms with Crippen LogP contribution in [0, 0.1) is 0 Å². The van der Waals surface area contributed by atoms with Crippen LogP contribution in [0.15, 0.2) is 46.9 Å². The summed E-state index contributed by atoms with van der Waals surface area (Å²) in [6.07, 6.45) is 1.05. The van der Waals surface area contributed by atoms with Gasteiger partial charge >= 0.3 is 0 Å². The molecule has 2 aromatic rings. The number of carbonyl (C=O) groups is 1. The molecule has 0 radical (unpaired) electrons. The fourth-order valence-electron chi connectivity index (χ4n) is 2.11. The van der Waals surface area contributed by atoms with Crippen molar-refractivity contribution in [2.45, 2.75) is 32.6 Å². The first-order valence-corrected chi connectivity index (χ1v) is 8.13. The number of hydrogen-bond donors (Lipinski definition) is 0. The van der Waals surface area contributed by atoms with Crippen molar-refractivity contribution in [1.82, 2.24) is 0 Å². The summed E-state index contributed by atoms with van der Waals surface area (Å²) in [6.45, 7) is 6.57. The zero-order valence-corrected chi connectivity index (χ0v) is 14.8. The molecule has 0 saturated heterocycles. The van der Waals surface area contributed by atoms with E-state index in [9.17, 15) is 4.79 Å². The molecule has 110 valence electrons. The first-order valence-electron chi connectivity index (χ1n) is 6.96. The van der Waals surface area contributed by atoms with Gasteiger partial charge in [-0.2, -0.15) is 0 Å². The molecule has 0 aromatic heterocycles. The molecule has 0 spiro atoms. The van der Waals surface area contributed by atoms with E-state index in [1.54, 1.807) is 6.07 Å². The molecule has 1 nitrogen and oxygen atoms in total. The molecular formula is C18H18BrClO. The summed E-state index contributed by atoms with van der Waals surface area (Å²) >= 11 is 9.55. The highest BCUT2D eigenvalue weighted by Gasteiger charge is 2.19. The maximum absolute atomic E-state index is 12.5.